The van der Waals surface area contributed by atoms with Crippen LogP contribution in [-0.2, 0) is 11.3 Å². The molecule has 1 aromatic carbocycles. The van der Waals surface area contributed by atoms with Gasteiger partial charge in [-0.2, -0.15) is 0 Å². The molecule has 0 bridgehead atoms. The fraction of sp³-hybridized carbons (Fsp3) is 0.696. The highest BCUT2D eigenvalue weighted by atomic mass is 35.5. The van der Waals surface area contributed by atoms with E-state index in [0.717, 1.165) is 58.9 Å². The van der Waals surface area contributed by atoms with Gasteiger partial charge in [-0.05, 0) is 50.4 Å². The lowest BCUT2D eigenvalue weighted by Gasteiger charge is -2.36. The monoisotopic (exact) mass is 458 g/mol. The van der Waals surface area contributed by atoms with Crippen LogP contribution in [0.2, 0.25) is 0 Å². The van der Waals surface area contributed by atoms with Crippen LogP contribution in [0, 0.1) is 11.8 Å². The molecule has 0 aliphatic carbocycles. The molecule has 2 aliphatic heterocycles. The minimum absolute atomic E-state index is 0. The molecule has 30 heavy (non-hydrogen) atoms. The average molecular weight is 460 g/mol. The number of piperidine rings is 1. The van der Waals surface area contributed by atoms with Gasteiger partial charge >= 0.3 is 0 Å². The second-order valence-electron chi connectivity index (χ2n) is 8.73. The van der Waals surface area contributed by atoms with Gasteiger partial charge in [0.05, 0.1) is 0 Å². The van der Waals surface area contributed by atoms with Gasteiger partial charge in [0.25, 0.3) is 0 Å². The van der Waals surface area contributed by atoms with E-state index in [4.69, 9.17) is 0 Å². The van der Waals surface area contributed by atoms with Crippen molar-refractivity contribution in [2.24, 2.45) is 11.8 Å². The zero-order chi connectivity index (χ0) is 19.8. The van der Waals surface area contributed by atoms with E-state index in [1.807, 2.05) is 0 Å². The van der Waals surface area contributed by atoms with Gasteiger partial charge in [-0.15, -0.1) is 24.8 Å². The number of hydrogen-bond donors (Lipinski definition) is 1. The number of likely N-dealkylation sites (N-methyl/N-ethyl adjacent to an activating group) is 1. The summed E-state index contributed by atoms with van der Waals surface area (Å²) in [6, 6.07) is 10.6. The molecule has 2 atom stereocenters. The summed E-state index contributed by atoms with van der Waals surface area (Å²) >= 11 is 0. The number of nitrogens with one attached hydrogen (secondary N) is 1. The zero-order valence-electron chi connectivity index (χ0n) is 18.6. The van der Waals surface area contributed by atoms with Gasteiger partial charge in [0, 0.05) is 52.2 Å². The Kier molecular flexibility index (Phi) is 12.9. The average Bonchev–Trinajstić information content (AvgIpc) is 2.74. The molecular formula is C23H40Cl2N4O. The molecule has 0 aromatic heterocycles. The van der Waals surface area contributed by atoms with Crippen LogP contribution in [0.4, 0.5) is 0 Å². The van der Waals surface area contributed by atoms with E-state index in [2.05, 4.69) is 64.3 Å². The van der Waals surface area contributed by atoms with Crippen molar-refractivity contribution >= 4 is 30.7 Å². The summed E-state index contributed by atoms with van der Waals surface area (Å²) in [6.07, 6.45) is 3.23. The number of carbonyl (C=O) groups excluding carboxylic acids is 1. The highest BCUT2D eigenvalue weighted by Gasteiger charge is 2.26. The summed E-state index contributed by atoms with van der Waals surface area (Å²) < 4.78 is 0. The van der Waals surface area contributed by atoms with E-state index in [1.165, 1.54) is 18.4 Å². The minimum Gasteiger partial charge on any atom is -0.340 e. The molecule has 2 saturated heterocycles. The highest BCUT2D eigenvalue weighted by Crippen LogP contribution is 2.23. The lowest BCUT2D eigenvalue weighted by molar-refractivity contribution is -0.134. The Labute approximate surface area is 195 Å². The fourth-order valence-electron chi connectivity index (χ4n) is 4.44. The molecule has 2 unspecified atom stereocenters. The van der Waals surface area contributed by atoms with E-state index >= 15 is 0 Å². The van der Waals surface area contributed by atoms with E-state index in [9.17, 15) is 4.79 Å². The molecule has 0 saturated carbocycles. The lowest BCUT2D eigenvalue weighted by atomic mass is 9.85. The number of benzene rings is 1. The Balaban J connectivity index is 0.00000225. The first-order chi connectivity index (χ1) is 13.6. The normalized spacial score (nSPS) is 20.9. The molecule has 1 N–H and O–H groups in total. The Morgan fingerprint density at radius 3 is 2.50 bits per heavy atom. The predicted molar refractivity (Wildman–Crippen MR) is 130 cm³/mol. The number of nitrogens with zero attached hydrogens (tertiary/aromatic N) is 3. The van der Waals surface area contributed by atoms with Crippen molar-refractivity contribution in [2.75, 3.05) is 59.4 Å². The van der Waals surface area contributed by atoms with Crippen LogP contribution < -0.4 is 5.32 Å². The van der Waals surface area contributed by atoms with E-state index in [-0.39, 0.29) is 24.8 Å². The van der Waals surface area contributed by atoms with Gasteiger partial charge in [0.15, 0.2) is 0 Å². The zero-order valence-corrected chi connectivity index (χ0v) is 20.2. The number of rotatable bonds is 8. The lowest BCUT2D eigenvalue weighted by Crippen LogP contribution is -2.50. The summed E-state index contributed by atoms with van der Waals surface area (Å²) in [4.78, 5) is 19.7. The second-order valence-corrected chi connectivity index (χ2v) is 8.73. The molecule has 2 fully saturated rings. The SMILES string of the molecule is CC(CC(=O)N1CCN(CCN(C)Cc2ccccc2)CC1)C1CCCNC1.Cl.Cl. The first kappa shape index (κ1) is 27.2. The van der Waals surface area contributed by atoms with Crippen molar-refractivity contribution in [3.63, 3.8) is 0 Å². The molecule has 1 aromatic rings. The molecule has 2 heterocycles. The van der Waals surface area contributed by atoms with Gasteiger partial charge in [0.2, 0.25) is 5.91 Å². The minimum atomic E-state index is 0. The number of hydrogen-bond acceptors (Lipinski definition) is 4. The van der Waals surface area contributed by atoms with E-state index in [1.54, 1.807) is 0 Å². The quantitative estimate of drug-likeness (QED) is 0.649. The van der Waals surface area contributed by atoms with Crippen LogP contribution in [0.1, 0.15) is 31.7 Å². The summed E-state index contributed by atoms with van der Waals surface area (Å²) in [5.41, 5.74) is 1.36. The molecule has 172 valence electrons. The van der Waals surface area contributed by atoms with Crippen LogP contribution in [0.15, 0.2) is 30.3 Å². The van der Waals surface area contributed by atoms with Crippen molar-refractivity contribution in [3.8, 4) is 0 Å². The largest absolute Gasteiger partial charge is 0.340 e. The molecule has 0 radical (unpaired) electrons. The van der Waals surface area contributed by atoms with E-state index in [0.29, 0.717) is 24.2 Å². The van der Waals surface area contributed by atoms with Crippen LogP contribution >= 0.6 is 24.8 Å². The molecule has 1 amide bonds. The predicted octanol–water partition coefficient (Wildman–Crippen LogP) is 3.13. The van der Waals surface area contributed by atoms with Crippen molar-refractivity contribution in [3.05, 3.63) is 35.9 Å². The number of piperazine rings is 1. The summed E-state index contributed by atoms with van der Waals surface area (Å²) in [7, 11) is 2.19. The Hall–Kier alpha value is -0.850. The van der Waals surface area contributed by atoms with E-state index < -0.39 is 0 Å². The van der Waals surface area contributed by atoms with Gasteiger partial charge in [-0.3, -0.25) is 9.69 Å². The number of halogens is 2. The van der Waals surface area contributed by atoms with Crippen molar-refractivity contribution in [2.45, 2.75) is 32.7 Å². The maximum absolute atomic E-state index is 12.7. The van der Waals surface area contributed by atoms with Crippen molar-refractivity contribution in [1.82, 2.24) is 20.0 Å². The maximum Gasteiger partial charge on any atom is 0.222 e. The Bertz CT molecular complexity index is 590. The smallest absolute Gasteiger partial charge is 0.222 e. The first-order valence-corrected chi connectivity index (χ1v) is 11.0. The van der Waals surface area contributed by atoms with Crippen molar-refractivity contribution < 1.29 is 4.79 Å². The first-order valence-electron chi connectivity index (χ1n) is 11.0. The van der Waals surface area contributed by atoms with Gasteiger partial charge < -0.3 is 15.1 Å². The third kappa shape index (κ3) is 8.72. The molecule has 5 nitrogen and oxygen atoms in total. The van der Waals surface area contributed by atoms with Crippen LogP contribution in [0.5, 0.6) is 0 Å². The second kappa shape index (κ2) is 14.3. The standard InChI is InChI=1S/C23H38N4O.2ClH/c1-20(22-9-6-10-24-18-22)17-23(28)27-15-13-26(14-16-27)12-11-25(2)19-21-7-4-3-5-8-21;;/h3-5,7-8,20,22,24H,6,9-19H2,1-2H3;2*1H. The molecule has 3 rings (SSSR count). The fourth-order valence-corrected chi connectivity index (χ4v) is 4.44. The van der Waals surface area contributed by atoms with Crippen LogP contribution in [0.25, 0.3) is 0 Å². The molecule has 0 spiro atoms. The molecular weight excluding hydrogens is 419 g/mol. The summed E-state index contributed by atoms with van der Waals surface area (Å²) in [5.74, 6) is 1.52. The van der Waals surface area contributed by atoms with Crippen molar-refractivity contribution in [1.29, 1.82) is 0 Å². The summed E-state index contributed by atoms with van der Waals surface area (Å²) in [5, 5.41) is 3.48. The highest BCUT2D eigenvalue weighted by molar-refractivity contribution is 5.85. The summed E-state index contributed by atoms with van der Waals surface area (Å²) in [6.45, 7) is 11.4. The Morgan fingerprint density at radius 2 is 1.87 bits per heavy atom. The third-order valence-corrected chi connectivity index (χ3v) is 6.45. The Morgan fingerprint density at radius 1 is 1.17 bits per heavy atom. The van der Waals surface area contributed by atoms with Crippen LogP contribution in [0.3, 0.4) is 0 Å². The maximum atomic E-state index is 12.7. The van der Waals surface area contributed by atoms with Crippen LogP contribution in [-0.4, -0.2) is 80.0 Å². The third-order valence-electron chi connectivity index (χ3n) is 6.45. The number of carbonyl (C=O) groups is 1. The number of amides is 1. The molecule has 2 aliphatic rings. The van der Waals surface area contributed by atoms with Gasteiger partial charge in [-0.1, -0.05) is 37.3 Å². The topological polar surface area (TPSA) is 38.8 Å². The van der Waals surface area contributed by atoms with Gasteiger partial charge in [-0.25, -0.2) is 0 Å². The molecule has 7 heteroatoms. The van der Waals surface area contributed by atoms with Gasteiger partial charge in [0.1, 0.15) is 0 Å².